The van der Waals surface area contributed by atoms with Crippen molar-refractivity contribution < 1.29 is 4.74 Å². The Morgan fingerprint density at radius 1 is 1.20 bits per heavy atom. The molecular weight excluding hydrogens is 250 g/mol. The molecule has 0 saturated carbocycles. The lowest BCUT2D eigenvalue weighted by molar-refractivity contribution is 0.313. The minimum absolute atomic E-state index is 0.711. The first-order chi connectivity index (χ1) is 9.71. The Morgan fingerprint density at radius 3 is 2.65 bits per heavy atom. The summed E-state index contributed by atoms with van der Waals surface area (Å²) in [6.07, 6.45) is 2.09. The number of hydrogen-bond donors (Lipinski definition) is 2. The second-order valence-corrected chi connectivity index (χ2v) is 4.81. The second-order valence-electron chi connectivity index (χ2n) is 4.81. The van der Waals surface area contributed by atoms with Crippen LogP contribution in [0.4, 0.5) is 0 Å². The molecule has 0 radical (unpaired) electrons. The highest BCUT2D eigenvalue weighted by Gasteiger charge is 2.05. The molecule has 2 N–H and O–H groups in total. The molecule has 0 bridgehead atoms. The molecule has 1 aromatic carbocycles. The number of ether oxygens (including phenoxy) is 1. The van der Waals surface area contributed by atoms with Gasteiger partial charge in [-0.2, -0.15) is 0 Å². The molecule has 0 fully saturated rings. The van der Waals surface area contributed by atoms with E-state index in [1.807, 2.05) is 0 Å². The van der Waals surface area contributed by atoms with Crippen molar-refractivity contribution in [2.24, 2.45) is 4.99 Å². The summed E-state index contributed by atoms with van der Waals surface area (Å²) in [6, 6.07) is 6.31. The van der Waals surface area contributed by atoms with E-state index in [2.05, 4.69) is 54.6 Å². The van der Waals surface area contributed by atoms with Crippen LogP contribution in [0.25, 0.3) is 0 Å². The van der Waals surface area contributed by atoms with Gasteiger partial charge in [0.05, 0.1) is 6.61 Å². The first-order valence-electron chi connectivity index (χ1n) is 7.38. The van der Waals surface area contributed by atoms with Gasteiger partial charge in [0.15, 0.2) is 5.96 Å². The highest BCUT2D eigenvalue weighted by molar-refractivity contribution is 5.79. The van der Waals surface area contributed by atoms with Gasteiger partial charge in [0.25, 0.3) is 0 Å². The van der Waals surface area contributed by atoms with E-state index < -0.39 is 0 Å². The van der Waals surface area contributed by atoms with Crippen molar-refractivity contribution in [2.75, 3.05) is 20.2 Å². The third-order valence-electron chi connectivity index (χ3n) is 2.90. The lowest BCUT2D eigenvalue weighted by Crippen LogP contribution is -2.37. The third kappa shape index (κ3) is 5.51. The number of aryl methyl sites for hydroxylation is 1. The van der Waals surface area contributed by atoms with Crippen molar-refractivity contribution >= 4 is 5.96 Å². The lowest BCUT2D eigenvalue weighted by atomic mass is 10.1. The maximum atomic E-state index is 5.81. The minimum Gasteiger partial charge on any atom is -0.493 e. The average Bonchev–Trinajstić information content (AvgIpc) is 2.46. The topological polar surface area (TPSA) is 45.7 Å². The van der Waals surface area contributed by atoms with Crippen LogP contribution >= 0.6 is 0 Å². The summed E-state index contributed by atoms with van der Waals surface area (Å²) in [4.78, 5) is 4.20. The fourth-order valence-electron chi connectivity index (χ4n) is 1.80. The van der Waals surface area contributed by atoms with Gasteiger partial charge in [0.1, 0.15) is 5.75 Å². The highest BCUT2D eigenvalue weighted by Crippen LogP contribution is 2.20. The van der Waals surface area contributed by atoms with E-state index in [1.165, 1.54) is 5.56 Å². The van der Waals surface area contributed by atoms with Crippen LogP contribution in [0.3, 0.4) is 0 Å². The number of nitrogens with zero attached hydrogens (tertiary/aromatic N) is 1. The Hall–Kier alpha value is -1.71. The molecule has 0 aliphatic carbocycles. The molecule has 0 heterocycles. The van der Waals surface area contributed by atoms with Gasteiger partial charge >= 0.3 is 0 Å². The molecule has 1 aromatic rings. The van der Waals surface area contributed by atoms with Crippen LogP contribution in [0.1, 0.15) is 37.8 Å². The standard InChI is InChI=1S/C16H27N3O/c1-5-9-18-16(17-4)19-12-14-8-7-13(3)11-15(14)20-10-6-2/h7-8,11H,5-6,9-10,12H2,1-4H3,(H2,17,18,19). The van der Waals surface area contributed by atoms with Crippen molar-refractivity contribution in [3.63, 3.8) is 0 Å². The number of guanidine groups is 1. The molecule has 0 atom stereocenters. The SMILES string of the molecule is CCCNC(=NC)NCc1ccc(C)cc1OCCC. The van der Waals surface area contributed by atoms with Gasteiger partial charge in [-0.1, -0.05) is 26.0 Å². The minimum atomic E-state index is 0.711. The van der Waals surface area contributed by atoms with Gasteiger partial charge in [0, 0.05) is 25.7 Å². The third-order valence-corrected chi connectivity index (χ3v) is 2.90. The van der Waals surface area contributed by atoms with Gasteiger partial charge in [-0.3, -0.25) is 4.99 Å². The van der Waals surface area contributed by atoms with Crippen LogP contribution in [0.15, 0.2) is 23.2 Å². The number of aliphatic imine (C=N–C) groups is 1. The Bertz CT molecular complexity index is 430. The fraction of sp³-hybridized carbons (Fsp3) is 0.562. The van der Waals surface area contributed by atoms with E-state index in [9.17, 15) is 0 Å². The van der Waals surface area contributed by atoms with Crippen molar-refractivity contribution in [1.29, 1.82) is 0 Å². The van der Waals surface area contributed by atoms with Crippen LogP contribution in [0.2, 0.25) is 0 Å². The largest absolute Gasteiger partial charge is 0.493 e. The zero-order valence-electron chi connectivity index (χ0n) is 13.1. The normalized spacial score (nSPS) is 11.3. The molecule has 0 aliphatic heterocycles. The maximum Gasteiger partial charge on any atom is 0.191 e. The average molecular weight is 277 g/mol. The molecule has 1 rings (SSSR count). The highest BCUT2D eigenvalue weighted by atomic mass is 16.5. The van der Waals surface area contributed by atoms with Gasteiger partial charge in [0.2, 0.25) is 0 Å². The van der Waals surface area contributed by atoms with E-state index in [1.54, 1.807) is 7.05 Å². The number of nitrogens with one attached hydrogen (secondary N) is 2. The van der Waals surface area contributed by atoms with Crippen molar-refractivity contribution in [1.82, 2.24) is 10.6 Å². The van der Waals surface area contributed by atoms with E-state index in [4.69, 9.17) is 4.74 Å². The molecule has 112 valence electrons. The number of rotatable bonds is 7. The summed E-state index contributed by atoms with van der Waals surface area (Å²) in [5, 5.41) is 6.58. The first kappa shape index (κ1) is 16.3. The lowest BCUT2D eigenvalue weighted by Gasteiger charge is -2.15. The predicted molar refractivity (Wildman–Crippen MR) is 85.5 cm³/mol. The predicted octanol–water partition coefficient (Wildman–Crippen LogP) is 2.86. The first-order valence-corrected chi connectivity index (χ1v) is 7.38. The molecule has 0 spiro atoms. The Kier molecular flexibility index (Phi) is 7.55. The van der Waals surface area contributed by atoms with Gasteiger partial charge in [-0.05, 0) is 31.4 Å². The summed E-state index contributed by atoms with van der Waals surface area (Å²) in [5.41, 5.74) is 2.37. The molecule has 0 saturated heterocycles. The van der Waals surface area contributed by atoms with E-state index in [0.717, 1.165) is 43.3 Å². The van der Waals surface area contributed by atoms with Crippen molar-refractivity contribution in [3.05, 3.63) is 29.3 Å². The molecule has 0 amide bonds. The van der Waals surface area contributed by atoms with Crippen molar-refractivity contribution in [3.8, 4) is 5.75 Å². The van der Waals surface area contributed by atoms with Crippen LogP contribution in [-0.2, 0) is 6.54 Å². The smallest absolute Gasteiger partial charge is 0.191 e. The van der Waals surface area contributed by atoms with E-state index in [-0.39, 0.29) is 0 Å². The van der Waals surface area contributed by atoms with Gasteiger partial charge < -0.3 is 15.4 Å². The Morgan fingerprint density at radius 2 is 2.00 bits per heavy atom. The van der Waals surface area contributed by atoms with Gasteiger partial charge in [-0.15, -0.1) is 0 Å². The maximum absolute atomic E-state index is 5.81. The van der Waals surface area contributed by atoms with Crippen LogP contribution < -0.4 is 15.4 Å². The van der Waals surface area contributed by atoms with Gasteiger partial charge in [-0.25, -0.2) is 0 Å². The zero-order chi connectivity index (χ0) is 14.8. The van der Waals surface area contributed by atoms with E-state index >= 15 is 0 Å². The monoisotopic (exact) mass is 277 g/mol. The summed E-state index contributed by atoms with van der Waals surface area (Å²) >= 11 is 0. The van der Waals surface area contributed by atoms with Crippen LogP contribution in [-0.4, -0.2) is 26.2 Å². The fourth-order valence-corrected chi connectivity index (χ4v) is 1.80. The van der Waals surface area contributed by atoms with Crippen LogP contribution in [0, 0.1) is 6.92 Å². The Balaban J connectivity index is 2.66. The summed E-state index contributed by atoms with van der Waals surface area (Å²) in [6.45, 7) is 8.72. The van der Waals surface area contributed by atoms with E-state index in [0.29, 0.717) is 6.54 Å². The quantitative estimate of drug-likeness (QED) is 0.595. The molecular formula is C16H27N3O. The number of hydrogen-bond acceptors (Lipinski definition) is 2. The van der Waals surface area contributed by atoms with Crippen LogP contribution in [0.5, 0.6) is 5.75 Å². The molecule has 20 heavy (non-hydrogen) atoms. The second kappa shape index (κ2) is 9.23. The summed E-state index contributed by atoms with van der Waals surface area (Å²) in [7, 11) is 1.79. The summed E-state index contributed by atoms with van der Waals surface area (Å²) < 4.78 is 5.81. The molecule has 0 aliphatic rings. The Labute approximate surface area is 122 Å². The zero-order valence-corrected chi connectivity index (χ0v) is 13.1. The molecule has 0 aromatic heterocycles. The number of benzene rings is 1. The molecule has 4 nitrogen and oxygen atoms in total. The summed E-state index contributed by atoms with van der Waals surface area (Å²) in [5.74, 6) is 1.79. The molecule has 0 unspecified atom stereocenters. The molecule has 4 heteroatoms. The van der Waals surface area contributed by atoms with Crippen molar-refractivity contribution in [2.45, 2.75) is 40.2 Å².